The van der Waals surface area contributed by atoms with E-state index in [-0.39, 0.29) is 45.6 Å². The number of nitrogens with two attached hydrogens (primary N) is 2. The van der Waals surface area contributed by atoms with E-state index < -0.39 is 140 Å². The topological polar surface area (TPSA) is 262 Å². The zero-order chi connectivity index (χ0) is 79.2. The lowest BCUT2D eigenvalue weighted by atomic mass is 10.1. The fourth-order valence-electron chi connectivity index (χ4n) is 10.5. The molecule has 568 valence electrons. The number of halogens is 12. The minimum Gasteiger partial charge on any atom is -0.492 e. The van der Waals surface area contributed by atoms with Crippen LogP contribution in [0.3, 0.4) is 0 Å². The fourth-order valence-corrected chi connectivity index (χ4v) is 14.1. The number of nitrogens with one attached hydrogen (secondary N) is 2. The highest BCUT2D eigenvalue weighted by atomic mass is 35.5. The molecule has 3 aliphatic heterocycles. The quantitative estimate of drug-likeness (QED) is 0.0343. The first-order valence-electron chi connectivity index (χ1n) is 32.0. The molecular formula is C75H56ClF11N10O10S3. The van der Waals surface area contributed by atoms with Gasteiger partial charge in [-0.05, 0) is 78.9 Å². The second kappa shape index (κ2) is 36.3. The van der Waals surface area contributed by atoms with E-state index in [2.05, 4.69) is 32.5 Å². The van der Waals surface area contributed by atoms with E-state index in [9.17, 15) is 77.1 Å². The number of rotatable bonds is 23. The van der Waals surface area contributed by atoms with Gasteiger partial charge in [-0.2, -0.15) is 15.3 Å². The lowest BCUT2D eigenvalue weighted by Crippen LogP contribution is -2.30. The maximum absolute atomic E-state index is 14.6. The highest BCUT2D eigenvalue weighted by Gasteiger charge is 2.42. The van der Waals surface area contributed by atoms with E-state index in [1.54, 1.807) is 84.9 Å². The average Bonchev–Trinajstić information content (AvgIpc) is 1.60. The Morgan fingerprint density at radius 3 is 1.11 bits per heavy atom. The number of thioether (sulfide) groups is 3. The molecule has 35 heteroatoms. The normalized spacial score (nSPS) is 14.9. The van der Waals surface area contributed by atoms with Gasteiger partial charge in [0.2, 0.25) is 5.91 Å². The zero-order valence-electron chi connectivity index (χ0n) is 56.9. The predicted molar refractivity (Wildman–Crippen MR) is 389 cm³/mol. The number of hydrogen-bond acceptors (Lipinski definition) is 17. The molecule has 0 aliphatic carbocycles. The first-order chi connectivity index (χ1) is 52.6. The molecule has 110 heavy (non-hydrogen) atoms. The van der Waals surface area contributed by atoms with E-state index in [0.29, 0.717) is 98.6 Å². The molecule has 3 atom stereocenters. The summed E-state index contributed by atoms with van der Waals surface area (Å²) in [6, 6.07) is 37.3. The first-order valence-corrected chi connectivity index (χ1v) is 35.0. The van der Waals surface area contributed by atoms with Crippen molar-refractivity contribution < 1.29 is 96.0 Å². The van der Waals surface area contributed by atoms with Crippen molar-refractivity contribution in [1.82, 2.24) is 25.7 Å². The predicted octanol–water partition coefficient (Wildman–Crippen LogP) is 14.3. The maximum Gasteiger partial charge on any atom is 0.281 e. The number of nitrogens with zero attached hydrogens (tertiary/aromatic N) is 6. The standard InChI is InChI=1S/C29H26F4N4O4S.C23H15ClF3N3O3S.C23H15F4N3O3S/c1-16(34-11-12-35-17(2)38)15-41-24-6-4-5-21(26(24)40-3)29-37(28(39)25-22(32)13-20(31)14-23(25)33)36-27(42-29)18-7-9-19(30)10-8-18;2*24-13-7-5-12(6-8-13)21-29-30(22(32)20-16(26)9-14(25)10-17(20)27)23(34-21)15-3-1-2-4-18(15)33-11-19(28)31/h4-10,13-14,29,34H,1,11-12,15H2,2-3H3,(H,35,38);2*1-10,23H,11H2,(H2,28,31)/t;2*23-/m.11/s1. The van der Waals surface area contributed by atoms with Crippen LogP contribution in [0, 0.1) is 64.0 Å². The van der Waals surface area contributed by atoms with Gasteiger partial charge >= 0.3 is 0 Å². The molecule has 0 aromatic heterocycles. The molecule has 12 rings (SSSR count). The molecule has 3 aliphatic rings. The Morgan fingerprint density at radius 1 is 0.436 bits per heavy atom. The molecule has 0 saturated heterocycles. The highest BCUT2D eigenvalue weighted by molar-refractivity contribution is 8.15. The minimum absolute atomic E-state index is 0.0314. The Kier molecular flexibility index (Phi) is 26.7. The van der Waals surface area contributed by atoms with Crippen LogP contribution >= 0.6 is 46.9 Å². The number of benzene rings is 9. The van der Waals surface area contributed by atoms with Crippen molar-refractivity contribution in [2.75, 3.05) is 40.0 Å². The average molecular weight is 1600 g/mol. The van der Waals surface area contributed by atoms with Gasteiger partial charge in [-0.15, -0.1) is 0 Å². The molecule has 9 aromatic carbocycles. The van der Waals surface area contributed by atoms with Crippen LogP contribution in [0.15, 0.2) is 204 Å². The summed E-state index contributed by atoms with van der Waals surface area (Å²) in [4.78, 5) is 73.4. The van der Waals surface area contributed by atoms with Crippen molar-refractivity contribution in [1.29, 1.82) is 0 Å². The van der Waals surface area contributed by atoms with Crippen molar-refractivity contribution in [2.24, 2.45) is 26.8 Å². The molecule has 0 fully saturated rings. The third kappa shape index (κ3) is 19.7. The molecule has 0 bridgehead atoms. The van der Waals surface area contributed by atoms with Gasteiger partial charge in [0, 0.05) is 101 Å². The van der Waals surface area contributed by atoms with Crippen LogP contribution < -0.4 is 41.0 Å². The van der Waals surface area contributed by atoms with Gasteiger partial charge in [0.25, 0.3) is 29.5 Å². The minimum atomic E-state index is -1.39. The van der Waals surface area contributed by atoms with Crippen molar-refractivity contribution in [3.8, 4) is 23.0 Å². The third-order valence-corrected chi connectivity index (χ3v) is 19.3. The largest absolute Gasteiger partial charge is 0.492 e. The number of primary amides is 2. The van der Waals surface area contributed by atoms with E-state index >= 15 is 0 Å². The van der Waals surface area contributed by atoms with Gasteiger partial charge < -0.3 is 41.0 Å². The number of carbonyl (C=O) groups is 6. The molecule has 0 spiro atoms. The molecule has 0 saturated carbocycles. The summed E-state index contributed by atoms with van der Waals surface area (Å²) < 4.78 is 177. The molecule has 6 N–H and O–H groups in total. The Hall–Kier alpha value is -11.9. The zero-order valence-corrected chi connectivity index (χ0v) is 60.1. The Bertz CT molecular complexity index is 4870. The van der Waals surface area contributed by atoms with Crippen LogP contribution in [-0.2, 0) is 14.4 Å². The van der Waals surface area contributed by atoms with Crippen molar-refractivity contribution >= 4 is 97.5 Å². The van der Waals surface area contributed by atoms with Gasteiger partial charge in [0.15, 0.2) is 24.7 Å². The number of hydrazone groups is 3. The maximum atomic E-state index is 14.6. The van der Waals surface area contributed by atoms with Gasteiger partial charge in [0.05, 0.1) is 7.11 Å². The van der Waals surface area contributed by atoms with Crippen molar-refractivity contribution in [2.45, 2.75) is 23.0 Å². The van der Waals surface area contributed by atoms with Gasteiger partial charge in [-0.3, -0.25) is 28.8 Å². The Labute approximate surface area is 635 Å². The van der Waals surface area contributed by atoms with E-state index in [4.69, 9.17) is 42.0 Å². The Morgan fingerprint density at radius 2 is 0.755 bits per heavy atom. The molecule has 6 amide bonds. The number of ether oxygens (including phenoxy) is 4. The summed E-state index contributed by atoms with van der Waals surface area (Å²) in [5.41, 5.74) is 10.5. The van der Waals surface area contributed by atoms with Gasteiger partial charge in [0.1, 0.15) is 130 Å². The van der Waals surface area contributed by atoms with Crippen LogP contribution in [0.1, 0.15) is 87.5 Å². The first kappa shape index (κ1) is 80.7. The molecule has 1 unspecified atom stereocenters. The van der Waals surface area contributed by atoms with E-state index in [0.717, 1.165) is 50.3 Å². The number of amides is 6. The smallest absolute Gasteiger partial charge is 0.281 e. The van der Waals surface area contributed by atoms with Crippen LogP contribution in [0.5, 0.6) is 23.0 Å². The van der Waals surface area contributed by atoms with Crippen LogP contribution in [0.25, 0.3) is 0 Å². The number of hydrogen-bond donors (Lipinski definition) is 4. The van der Waals surface area contributed by atoms with Gasteiger partial charge in [-0.25, -0.2) is 63.3 Å². The number of methoxy groups -OCH3 is 1. The third-order valence-electron chi connectivity index (χ3n) is 15.4. The summed E-state index contributed by atoms with van der Waals surface area (Å²) in [6.07, 6.45) is 0. The molecular weight excluding hydrogens is 1540 g/mol. The van der Waals surface area contributed by atoms with Crippen molar-refractivity contribution in [3.63, 3.8) is 0 Å². The molecule has 20 nitrogen and oxygen atoms in total. The summed E-state index contributed by atoms with van der Waals surface area (Å²) in [6.45, 7) is 5.28. The Balaban J connectivity index is 0.000000177. The lowest BCUT2D eigenvalue weighted by molar-refractivity contribution is -0.120. The summed E-state index contributed by atoms with van der Waals surface area (Å²) in [7, 11) is 1.39. The summed E-state index contributed by atoms with van der Waals surface area (Å²) >= 11 is 9.16. The fraction of sp³-hybridized carbons (Fsp3) is 0.133. The SMILES string of the molecule is C=C(COc1cccc(C2SC(c3ccc(F)cc3)=NN2C(=O)c2c(F)cc(F)cc2F)c1OC)NCCNC(C)=O.NC(=O)COc1ccccc1[C@H]1SC(c2ccc(Cl)cc2)=NN1C(=O)c1c(F)cc(F)cc1F.NC(=O)COc1ccccc1[C@H]1SC(c2ccc(F)cc2)=NN1C(=O)c1c(F)cc(F)cc1F. The number of carbonyl (C=O) groups excluding carboxylic acids is 6. The highest BCUT2D eigenvalue weighted by Crippen LogP contribution is 2.50. The lowest BCUT2D eigenvalue weighted by Gasteiger charge is -2.24. The second-order valence-electron chi connectivity index (χ2n) is 23.1. The monoisotopic (exact) mass is 1600 g/mol. The van der Waals surface area contributed by atoms with E-state index in [1.807, 2.05) is 0 Å². The van der Waals surface area contributed by atoms with Crippen LogP contribution in [0.2, 0.25) is 5.02 Å². The van der Waals surface area contributed by atoms with E-state index in [1.165, 1.54) is 68.6 Å². The summed E-state index contributed by atoms with van der Waals surface area (Å²) in [5.74, 6) is -16.9. The second-order valence-corrected chi connectivity index (χ2v) is 26.7. The molecule has 9 aromatic rings. The van der Waals surface area contributed by atoms with Crippen LogP contribution in [-0.4, -0.2) is 106 Å². The van der Waals surface area contributed by atoms with Crippen LogP contribution in [0.4, 0.5) is 48.3 Å². The molecule has 0 radical (unpaired) electrons. The number of para-hydroxylation sites is 3. The summed E-state index contributed by atoms with van der Waals surface area (Å²) in [5, 5.41) is 19.6. The van der Waals surface area contributed by atoms with Crippen molar-refractivity contribution in [3.05, 3.63) is 307 Å². The molecule has 3 heterocycles. The van der Waals surface area contributed by atoms with Gasteiger partial charge in [-0.1, -0.05) is 114 Å².